The predicted octanol–water partition coefficient (Wildman–Crippen LogP) is 2.37. The van der Waals surface area contributed by atoms with Crippen molar-refractivity contribution in [3.05, 3.63) is 0 Å². The Morgan fingerprint density at radius 2 is 2.00 bits per heavy atom. The number of nitrogens with one attached hydrogen (secondary N) is 2. The number of hydrogen-bond acceptors (Lipinski definition) is 2. The fraction of sp³-hybridized carbons (Fsp3) is 0.846. The summed E-state index contributed by atoms with van der Waals surface area (Å²) in [6.07, 6.45) is 2.11. The Hall–Kier alpha value is -1.40. The molecule has 1 aliphatic rings. The number of carboxylic acid groups (broad SMARTS) is 1. The van der Waals surface area contributed by atoms with E-state index in [9.17, 15) is 18.4 Å². The average molecular weight is 292 g/mol. The highest BCUT2D eigenvalue weighted by atomic mass is 19.3. The van der Waals surface area contributed by atoms with Crippen molar-refractivity contribution < 1.29 is 23.5 Å². The summed E-state index contributed by atoms with van der Waals surface area (Å²) in [5, 5.41) is 13.5. The summed E-state index contributed by atoms with van der Waals surface area (Å²) in [6.45, 7) is 0.499. The number of hydrogen-bond donors (Lipinski definition) is 3. The Labute approximate surface area is 117 Å². The Bertz CT molecular complexity index is 338. The van der Waals surface area contributed by atoms with Crippen LogP contribution in [0, 0.1) is 5.92 Å². The summed E-state index contributed by atoms with van der Waals surface area (Å²) >= 11 is 0. The SMILES string of the molecule is O=C(O)CCCNC(=O)NCC1CCCCC(F)(F)C1. The van der Waals surface area contributed by atoms with Gasteiger partial charge in [-0.25, -0.2) is 13.6 Å². The summed E-state index contributed by atoms with van der Waals surface area (Å²) in [5.41, 5.74) is 0. The topological polar surface area (TPSA) is 78.4 Å². The van der Waals surface area contributed by atoms with Gasteiger partial charge in [0.25, 0.3) is 0 Å². The zero-order valence-corrected chi connectivity index (χ0v) is 11.5. The van der Waals surface area contributed by atoms with Crippen molar-refractivity contribution in [3.8, 4) is 0 Å². The molecule has 1 aliphatic carbocycles. The minimum atomic E-state index is -2.62. The van der Waals surface area contributed by atoms with Crippen molar-refractivity contribution in [1.82, 2.24) is 10.6 Å². The molecular weight excluding hydrogens is 270 g/mol. The first kappa shape index (κ1) is 16.7. The molecule has 1 unspecified atom stereocenters. The molecule has 20 heavy (non-hydrogen) atoms. The molecule has 0 saturated heterocycles. The van der Waals surface area contributed by atoms with Crippen LogP contribution in [0.1, 0.15) is 44.9 Å². The number of rotatable bonds is 6. The highest BCUT2D eigenvalue weighted by Crippen LogP contribution is 2.34. The van der Waals surface area contributed by atoms with E-state index in [0.29, 0.717) is 19.3 Å². The van der Waals surface area contributed by atoms with E-state index in [-0.39, 0.29) is 38.3 Å². The number of halogens is 2. The molecule has 2 amide bonds. The predicted molar refractivity (Wildman–Crippen MR) is 69.8 cm³/mol. The van der Waals surface area contributed by atoms with Crippen LogP contribution < -0.4 is 10.6 Å². The van der Waals surface area contributed by atoms with Crippen LogP contribution in [0.2, 0.25) is 0 Å². The van der Waals surface area contributed by atoms with Gasteiger partial charge in [-0.3, -0.25) is 4.79 Å². The maximum atomic E-state index is 13.4. The zero-order valence-electron chi connectivity index (χ0n) is 11.5. The quantitative estimate of drug-likeness (QED) is 0.519. The molecule has 7 heteroatoms. The van der Waals surface area contributed by atoms with Gasteiger partial charge in [0.1, 0.15) is 0 Å². The Kier molecular flexibility index (Phi) is 6.67. The maximum Gasteiger partial charge on any atom is 0.314 e. The molecule has 3 N–H and O–H groups in total. The number of amides is 2. The lowest BCUT2D eigenvalue weighted by atomic mass is 9.99. The molecule has 0 aliphatic heterocycles. The highest BCUT2D eigenvalue weighted by molar-refractivity contribution is 5.73. The maximum absolute atomic E-state index is 13.4. The van der Waals surface area contributed by atoms with Gasteiger partial charge in [-0.05, 0) is 25.2 Å². The van der Waals surface area contributed by atoms with E-state index in [4.69, 9.17) is 5.11 Å². The van der Waals surface area contributed by atoms with Gasteiger partial charge < -0.3 is 15.7 Å². The smallest absolute Gasteiger partial charge is 0.314 e. The summed E-state index contributed by atoms with van der Waals surface area (Å²) in [4.78, 5) is 21.7. The van der Waals surface area contributed by atoms with Crippen LogP contribution >= 0.6 is 0 Å². The van der Waals surface area contributed by atoms with Gasteiger partial charge in [0.05, 0.1) is 0 Å². The second-order valence-electron chi connectivity index (χ2n) is 5.31. The molecule has 1 saturated carbocycles. The highest BCUT2D eigenvalue weighted by Gasteiger charge is 2.34. The number of carboxylic acids is 1. The molecule has 0 bridgehead atoms. The number of aliphatic carboxylic acids is 1. The van der Waals surface area contributed by atoms with E-state index in [0.717, 1.165) is 6.42 Å². The van der Waals surface area contributed by atoms with Crippen LogP contribution in [0.3, 0.4) is 0 Å². The van der Waals surface area contributed by atoms with Gasteiger partial charge in [-0.1, -0.05) is 6.42 Å². The van der Waals surface area contributed by atoms with Crippen molar-refractivity contribution in [2.45, 2.75) is 50.9 Å². The number of carbonyl (C=O) groups is 2. The van der Waals surface area contributed by atoms with Crippen LogP contribution in [-0.2, 0) is 4.79 Å². The van der Waals surface area contributed by atoms with Crippen LogP contribution in [-0.4, -0.2) is 36.1 Å². The minimum absolute atomic E-state index is 0.00483. The zero-order chi connectivity index (χ0) is 15.0. The summed E-state index contributed by atoms with van der Waals surface area (Å²) in [6, 6.07) is -0.428. The standard InChI is InChI=1S/C13H22F2N2O3/c14-13(15)6-2-1-4-10(8-13)9-17-12(20)16-7-3-5-11(18)19/h10H,1-9H2,(H,18,19)(H2,16,17,20). The lowest BCUT2D eigenvalue weighted by Crippen LogP contribution is -2.39. The van der Waals surface area contributed by atoms with Crippen molar-refractivity contribution in [1.29, 1.82) is 0 Å². The van der Waals surface area contributed by atoms with Crippen molar-refractivity contribution in [3.63, 3.8) is 0 Å². The van der Waals surface area contributed by atoms with E-state index in [1.807, 2.05) is 0 Å². The summed E-state index contributed by atoms with van der Waals surface area (Å²) in [5.74, 6) is -3.73. The number of alkyl halides is 2. The fourth-order valence-corrected chi connectivity index (χ4v) is 2.36. The van der Waals surface area contributed by atoms with Crippen molar-refractivity contribution in [2.24, 2.45) is 5.92 Å². The van der Waals surface area contributed by atoms with Gasteiger partial charge in [0.2, 0.25) is 5.92 Å². The van der Waals surface area contributed by atoms with E-state index in [1.165, 1.54) is 0 Å². The number of carbonyl (C=O) groups excluding carboxylic acids is 1. The Morgan fingerprint density at radius 1 is 1.25 bits per heavy atom. The normalized spacial score (nSPS) is 21.8. The third kappa shape index (κ3) is 7.25. The first-order valence-corrected chi connectivity index (χ1v) is 7.00. The second kappa shape index (κ2) is 8.01. The van der Waals surface area contributed by atoms with Gasteiger partial charge in [-0.15, -0.1) is 0 Å². The van der Waals surface area contributed by atoms with E-state index >= 15 is 0 Å². The average Bonchev–Trinajstić information content (AvgIpc) is 2.52. The van der Waals surface area contributed by atoms with Gasteiger partial charge in [-0.2, -0.15) is 0 Å². The Morgan fingerprint density at radius 3 is 2.70 bits per heavy atom. The molecule has 0 aromatic heterocycles. The van der Waals surface area contributed by atoms with Crippen molar-refractivity contribution in [2.75, 3.05) is 13.1 Å². The lowest BCUT2D eigenvalue weighted by Gasteiger charge is -2.20. The van der Waals surface area contributed by atoms with E-state index in [1.54, 1.807) is 0 Å². The molecule has 0 radical (unpaired) electrons. The molecule has 0 spiro atoms. The van der Waals surface area contributed by atoms with Crippen LogP contribution in [0.15, 0.2) is 0 Å². The minimum Gasteiger partial charge on any atom is -0.481 e. The van der Waals surface area contributed by atoms with E-state index < -0.39 is 17.9 Å². The molecule has 1 atom stereocenters. The Balaban J connectivity index is 2.18. The molecule has 5 nitrogen and oxygen atoms in total. The number of urea groups is 1. The molecule has 1 rings (SSSR count). The molecule has 1 fully saturated rings. The largest absolute Gasteiger partial charge is 0.481 e. The summed E-state index contributed by atoms with van der Waals surface area (Å²) < 4.78 is 26.8. The summed E-state index contributed by atoms with van der Waals surface area (Å²) in [7, 11) is 0. The third-order valence-corrected chi connectivity index (χ3v) is 3.40. The monoisotopic (exact) mass is 292 g/mol. The molecule has 0 heterocycles. The molecule has 0 aromatic rings. The van der Waals surface area contributed by atoms with Gasteiger partial charge in [0.15, 0.2) is 0 Å². The third-order valence-electron chi connectivity index (χ3n) is 3.40. The first-order valence-electron chi connectivity index (χ1n) is 7.00. The molecular formula is C13H22F2N2O3. The van der Waals surface area contributed by atoms with Crippen LogP contribution in [0.5, 0.6) is 0 Å². The van der Waals surface area contributed by atoms with E-state index in [2.05, 4.69) is 10.6 Å². The van der Waals surface area contributed by atoms with Crippen LogP contribution in [0.4, 0.5) is 13.6 Å². The van der Waals surface area contributed by atoms with Gasteiger partial charge >= 0.3 is 12.0 Å². The first-order chi connectivity index (χ1) is 9.39. The molecule has 116 valence electrons. The second-order valence-corrected chi connectivity index (χ2v) is 5.31. The lowest BCUT2D eigenvalue weighted by molar-refractivity contribution is -0.137. The fourth-order valence-electron chi connectivity index (χ4n) is 2.36. The van der Waals surface area contributed by atoms with Crippen LogP contribution in [0.25, 0.3) is 0 Å². The van der Waals surface area contributed by atoms with Gasteiger partial charge in [0, 0.05) is 32.4 Å². The van der Waals surface area contributed by atoms with Crippen molar-refractivity contribution >= 4 is 12.0 Å². The molecule has 0 aromatic carbocycles.